The predicted octanol–water partition coefficient (Wildman–Crippen LogP) is 4.04. The van der Waals surface area contributed by atoms with E-state index in [-0.39, 0.29) is 34.7 Å². The Morgan fingerprint density at radius 2 is 1.72 bits per heavy atom. The van der Waals surface area contributed by atoms with E-state index in [0.29, 0.717) is 5.82 Å². The molecule has 0 fully saturated rings. The molecule has 0 aliphatic carbocycles. The SMILES string of the molecule is CN(CCc1noc(-c2ccccc2F)n1)S(=O)(=O)c1ccc(C(C)(C)C)cc1. The molecule has 0 aliphatic heterocycles. The molecule has 2 aromatic carbocycles. The Balaban J connectivity index is 1.69. The summed E-state index contributed by atoms with van der Waals surface area (Å²) in [6.45, 7) is 6.38. The van der Waals surface area contributed by atoms with Crippen molar-refractivity contribution in [3.05, 3.63) is 65.7 Å². The molecule has 6 nitrogen and oxygen atoms in total. The van der Waals surface area contributed by atoms with Crippen molar-refractivity contribution in [1.82, 2.24) is 14.4 Å². The minimum Gasteiger partial charge on any atom is -0.334 e. The number of rotatable bonds is 6. The van der Waals surface area contributed by atoms with E-state index in [1.54, 1.807) is 30.3 Å². The fourth-order valence-electron chi connectivity index (χ4n) is 2.78. The molecule has 0 spiro atoms. The minimum absolute atomic E-state index is 0.0528. The first-order valence-corrected chi connectivity index (χ1v) is 10.7. The lowest BCUT2D eigenvalue weighted by Crippen LogP contribution is -2.29. The van der Waals surface area contributed by atoms with Gasteiger partial charge in [-0.05, 0) is 35.2 Å². The van der Waals surface area contributed by atoms with E-state index < -0.39 is 15.8 Å². The summed E-state index contributed by atoms with van der Waals surface area (Å²) < 4.78 is 45.8. The number of sulfonamides is 1. The molecule has 0 radical (unpaired) electrons. The molecule has 0 saturated carbocycles. The highest BCUT2D eigenvalue weighted by Crippen LogP contribution is 2.25. The highest BCUT2D eigenvalue weighted by atomic mass is 32.2. The normalized spacial score (nSPS) is 12.5. The lowest BCUT2D eigenvalue weighted by atomic mass is 9.87. The van der Waals surface area contributed by atoms with E-state index in [1.165, 1.54) is 17.4 Å². The van der Waals surface area contributed by atoms with Crippen molar-refractivity contribution in [3.8, 4) is 11.5 Å². The maximum Gasteiger partial charge on any atom is 0.260 e. The fraction of sp³-hybridized carbons (Fsp3) is 0.333. The molecule has 1 heterocycles. The molecular formula is C21H24FN3O3S. The number of halogens is 1. The van der Waals surface area contributed by atoms with Crippen LogP contribution in [-0.2, 0) is 21.9 Å². The van der Waals surface area contributed by atoms with Gasteiger partial charge in [-0.3, -0.25) is 0 Å². The van der Waals surface area contributed by atoms with Crippen LogP contribution in [-0.4, -0.2) is 36.5 Å². The van der Waals surface area contributed by atoms with Gasteiger partial charge < -0.3 is 4.52 Å². The summed E-state index contributed by atoms with van der Waals surface area (Å²) in [6.07, 6.45) is 0.244. The Morgan fingerprint density at radius 1 is 1.07 bits per heavy atom. The summed E-state index contributed by atoms with van der Waals surface area (Å²) >= 11 is 0. The summed E-state index contributed by atoms with van der Waals surface area (Å²) in [5.74, 6) is -0.0733. The second-order valence-electron chi connectivity index (χ2n) is 7.85. The number of nitrogens with zero attached hydrogens (tertiary/aromatic N) is 3. The van der Waals surface area contributed by atoms with E-state index in [0.717, 1.165) is 5.56 Å². The van der Waals surface area contributed by atoms with Crippen LogP contribution in [0, 0.1) is 5.82 Å². The van der Waals surface area contributed by atoms with Gasteiger partial charge in [0.05, 0.1) is 10.5 Å². The van der Waals surface area contributed by atoms with Crippen molar-refractivity contribution in [2.45, 2.75) is 37.5 Å². The second kappa shape index (κ2) is 8.04. The molecule has 8 heteroatoms. The van der Waals surface area contributed by atoms with Gasteiger partial charge in [-0.25, -0.2) is 17.1 Å². The number of hydrogen-bond acceptors (Lipinski definition) is 5. The van der Waals surface area contributed by atoms with Gasteiger partial charge >= 0.3 is 0 Å². The molecule has 1 aromatic heterocycles. The molecule has 0 aliphatic rings. The van der Waals surface area contributed by atoms with Gasteiger partial charge in [0.25, 0.3) is 5.89 Å². The van der Waals surface area contributed by atoms with Crippen molar-refractivity contribution in [1.29, 1.82) is 0 Å². The molecule has 0 N–H and O–H groups in total. The van der Waals surface area contributed by atoms with E-state index in [4.69, 9.17) is 4.52 Å². The van der Waals surface area contributed by atoms with E-state index in [9.17, 15) is 12.8 Å². The Bertz CT molecular complexity index is 1090. The Labute approximate surface area is 170 Å². The third-order valence-electron chi connectivity index (χ3n) is 4.65. The van der Waals surface area contributed by atoms with Crippen LogP contribution >= 0.6 is 0 Å². The zero-order chi connectivity index (χ0) is 21.2. The highest BCUT2D eigenvalue weighted by Gasteiger charge is 2.23. The van der Waals surface area contributed by atoms with Crippen molar-refractivity contribution in [2.24, 2.45) is 0 Å². The van der Waals surface area contributed by atoms with Crippen LogP contribution in [0.2, 0.25) is 0 Å². The van der Waals surface area contributed by atoms with E-state index in [2.05, 4.69) is 30.9 Å². The molecule has 3 aromatic rings. The third kappa shape index (κ3) is 4.71. The summed E-state index contributed by atoms with van der Waals surface area (Å²) in [4.78, 5) is 4.40. The molecule has 3 rings (SSSR count). The van der Waals surface area contributed by atoms with Gasteiger partial charge in [0.15, 0.2) is 5.82 Å². The van der Waals surface area contributed by atoms with Gasteiger partial charge in [-0.2, -0.15) is 4.98 Å². The van der Waals surface area contributed by atoms with Crippen molar-refractivity contribution < 1.29 is 17.3 Å². The summed E-state index contributed by atoms with van der Waals surface area (Å²) in [6, 6.07) is 13.0. The largest absolute Gasteiger partial charge is 0.334 e. The van der Waals surface area contributed by atoms with Crippen LogP contribution in [0.15, 0.2) is 57.9 Å². The van der Waals surface area contributed by atoms with Gasteiger partial charge in [-0.1, -0.05) is 50.2 Å². The molecule has 29 heavy (non-hydrogen) atoms. The standard InChI is InChI=1S/C21H24FN3O3S/c1-21(2,3)15-9-11-16(12-10-15)29(26,27)25(4)14-13-19-23-20(28-24-19)17-7-5-6-8-18(17)22/h5-12H,13-14H2,1-4H3. The Hall–Kier alpha value is -2.58. The summed E-state index contributed by atoms with van der Waals surface area (Å²) in [5, 5.41) is 3.82. The lowest BCUT2D eigenvalue weighted by Gasteiger charge is -2.20. The van der Waals surface area contributed by atoms with Crippen molar-refractivity contribution >= 4 is 10.0 Å². The topological polar surface area (TPSA) is 76.3 Å². The van der Waals surface area contributed by atoms with Gasteiger partial charge in [0.1, 0.15) is 5.82 Å². The first-order chi connectivity index (χ1) is 13.6. The number of aromatic nitrogens is 2. The maximum atomic E-state index is 13.8. The minimum atomic E-state index is -3.64. The van der Waals surface area contributed by atoms with Gasteiger partial charge in [0.2, 0.25) is 10.0 Å². The first-order valence-electron chi connectivity index (χ1n) is 9.23. The first kappa shape index (κ1) is 21.1. The van der Waals surface area contributed by atoms with Crippen LogP contribution in [0.1, 0.15) is 32.2 Å². The van der Waals surface area contributed by atoms with Crippen LogP contribution in [0.5, 0.6) is 0 Å². The molecule has 0 saturated heterocycles. The van der Waals surface area contributed by atoms with Crippen LogP contribution in [0.4, 0.5) is 4.39 Å². The second-order valence-corrected chi connectivity index (χ2v) is 9.89. The van der Waals surface area contributed by atoms with Gasteiger partial charge in [0, 0.05) is 20.0 Å². The smallest absolute Gasteiger partial charge is 0.260 e. The number of benzene rings is 2. The molecule has 0 amide bonds. The average Bonchev–Trinajstić information content (AvgIpc) is 3.14. The summed E-state index contributed by atoms with van der Waals surface area (Å²) in [7, 11) is -2.13. The third-order valence-corrected chi connectivity index (χ3v) is 6.52. The summed E-state index contributed by atoms with van der Waals surface area (Å²) in [5.41, 5.74) is 1.22. The van der Waals surface area contributed by atoms with E-state index >= 15 is 0 Å². The van der Waals surface area contributed by atoms with E-state index in [1.807, 2.05) is 12.1 Å². The van der Waals surface area contributed by atoms with Gasteiger partial charge in [-0.15, -0.1) is 0 Å². The lowest BCUT2D eigenvalue weighted by molar-refractivity contribution is 0.413. The zero-order valence-electron chi connectivity index (χ0n) is 16.9. The quantitative estimate of drug-likeness (QED) is 0.605. The average molecular weight is 418 g/mol. The molecule has 0 bridgehead atoms. The Morgan fingerprint density at radius 3 is 2.34 bits per heavy atom. The molecule has 0 unspecified atom stereocenters. The van der Waals surface area contributed by atoms with Crippen LogP contribution < -0.4 is 0 Å². The highest BCUT2D eigenvalue weighted by molar-refractivity contribution is 7.89. The monoisotopic (exact) mass is 417 g/mol. The predicted molar refractivity (Wildman–Crippen MR) is 108 cm³/mol. The molecule has 154 valence electrons. The van der Waals surface area contributed by atoms with Crippen LogP contribution in [0.3, 0.4) is 0 Å². The van der Waals surface area contributed by atoms with Crippen LogP contribution in [0.25, 0.3) is 11.5 Å². The molecular weight excluding hydrogens is 393 g/mol. The maximum absolute atomic E-state index is 13.8. The molecule has 0 atom stereocenters. The van der Waals surface area contributed by atoms with Crippen molar-refractivity contribution in [2.75, 3.05) is 13.6 Å². The number of likely N-dealkylation sites (N-methyl/N-ethyl adjacent to an activating group) is 1. The van der Waals surface area contributed by atoms with Crippen molar-refractivity contribution in [3.63, 3.8) is 0 Å². The Kier molecular flexibility index (Phi) is 5.86. The zero-order valence-corrected chi connectivity index (χ0v) is 17.7. The number of hydrogen-bond donors (Lipinski definition) is 0. The fourth-order valence-corrected chi connectivity index (χ4v) is 3.96.